The van der Waals surface area contributed by atoms with E-state index in [1.165, 1.54) is 0 Å². The van der Waals surface area contributed by atoms with Crippen LogP contribution in [0.3, 0.4) is 0 Å². The van der Waals surface area contributed by atoms with Crippen LogP contribution < -0.4 is 0 Å². The third-order valence-corrected chi connectivity index (χ3v) is 4.90. The molecule has 1 aliphatic heterocycles. The molecule has 4 rings (SSSR count). The molecule has 8 nitrogen and oxygen atoms in total. The number of likely N-dealkylation sites (tertiary alicyclic amines) is 1. The molecule has 0 aliphatic carbocycles. The minimum Gasteiger partial charge on any atom is -0.461 e. The molecule has 1 unspecified atom stereocenters. The van der Waals surface area contributed by atoms with Crippen LogP contribution in [0.4, 0.5) is 0 Å². The van der Waals surface area contributed by atoms with Gasteiger partial charge in [0.1, 0.15) is 0 Å². The molecule has 4 heterocycles. The highest BCUT2D eigenvalue weighted by Crippen LogP contribution is 2.24. The zero-order valence-electron chi connectivity index (χ0n) is 15.6. The molecular weight excluding hydrogens is 346 g/mol. The van der Waals surface area contributed by atoms with Gasteiger partial charge in [0.05, 0.1) is 18.0 Å². The van der Waals surface area contributed by atoms with Crippen LogP contribution in [0.1, 0.15) is 42.6 Å². The molecular formula is C19H23N5O3. The Labute approximate surface area is 157 Å². The number of rotatable bonds is 6. The highest BCUT2D eigenvalue weighted by atomic mass is 16.5. The van der Waals surface area contributed by atoms with Gasteiger partial charge in [-0.05, 0) is 44.9 Å². The van der Waals surface area contributed by atoms with E-state index in [0.29, 0.717) is 36.7 Å². The van der Waals surface area contributed by atoms with Gasteiger partial charge in [-0.25, -0.2) is 0 Å². The number of hydrogen-bond acceptors (Lipinski definition) is 6. The third kappa shape index (κ3) is 3.79. The fraction of sp³-hybridized carbons (Fsp3) is 0.474. The maximum absolute atomic E-state index is 12.5. The minimum absolute atomic E-state index is 0.171. The summed E-state index contributed by atoms with van der Waals surface area (Å²) in [7, 11) is 0. The lowest BCUT2D eigenvalue weighted by Crippen LogP contribution is -2.29. The summed E-state index contributed by atoms with van der Waals surface area (Å²) in [5.41, 5.74) is 2.17. The van der Waals surface area contributed by atoms with Gasteiger partial charge in [-0.2, -0.15) is 10.1 Å². The van der Waals surface area contributed by atoms with Gasteiger partial charge in [0, 0.05) is 31.6 Å². The molecule has 0 radical (unpaired) electrons. The van der Waals surface area contributed by atoms with Crippen molar-refractivity contribution in [3.8, 4) is 11.6 Å². The van der Waals surface area contributed by atoms with Crippen LogP contribution in [0.25, 0.3) is 11.6 Å². The number of carbonyl (C=O) groups is 1. The van der Waals surface area contributed by atoms with Crippen LogP contribution in [0.2, 0.25) is 0 Å². The van der Waals surface area contributed by atoms with Gasteiger partial charge >= 0.3 is 0 Å². The van der Waals surface area contributed by atoms with E-state index in [-0.39, 0.29) is 11.9 Å². The first-order valence-corrected chi connectivity index (χ1v) is 9.27. The molecule has 1 fully saturated rings. The maximum atomic E-state index is 12.5. The predicted octanol–water partition coefficient (Wildman–Crippen LogP) is 2.94. The van der Waals surface area contributed by atoms with Crippen molar-refractivity contribution in [3.63, 3.8) is 0 Å². The van der Waals surface area contributed by atoms with Crippen molar-refractivity contribution in [3.05, 3.63) is 41.7 Å². The normalized spacial score (nSPS) is 17.0. The Morgan fingerprint density at radius 2 is 2.26 bits per heavy atom. The Bertz CT molecular complexity index is 912. The summed E-state index contributed by atoms with van der Waals surface area (Å²) in [6.07, 6.45) is 4.25. The van der Waals surface area contributed by atoms with Crippen LogP contribution in [0.15, 0.2) is 33.4 Å². The summed E-state index contributed by atoms with van der Waals surface area (Å²) in [6.45, 7) is 5.57. The molecule has 0 bridgehead atoms. The van der Waals surface area contributed by atoms with Gasteiger partial charge in [0.15, 0.2) is 5.76 Å². The van der Waals surface area contributed by atoms with Crippen LogP contribution in [0, 0.1) is 13.8 Å². The third-order valence-electron chi connectivity index (χ3n) is 4.90. The molecule has 142 valence electrons. The van der Waals surface area contributed by atoms with Crippen molar-refractivity contribution in [1.29, 1.82) is 0 Å². The van der Waals surface area contributed by atoms with Gasteiger partial charge in [-0.15, -0.1) is 0 Å². The Kier molecular flexibility index (Phi) is 4.79. The van der Waals surface area contributed by atoms with E-state index < -0.39 is 0 Å². The standard InChI is InChI=1S/C19H23N5O3/c1-13-11-14(2)24(21-13)15-8-9-23(12-15)18(25)7-3-6-17-20-19(22-27-17)16-5-4-10-26-16/h4-5,10-11,15H,3,6-9,12H2,1-2H3. The van der Waals surface area contributed by atoms with E-state index in [4.69, 9.17) is 8.94 Å². The van der Waals surface area contributed by atoms with E-state index in [9.17, 15) is 4.79 Å². The van der Waals surface area contributed by atoms with Gasteiger partial charge in [0.25, 0.3) is 0 Å². The lowest BCUT2D eigenvalue weighted by atomic mass is 10.2. The predicted molar refractivity (Wildman–Crippen MR) is 96.9 cm³/mol. The summed E-state index contributed by atoms with van der Waals surface area (Å²) in [6, 6.07) is 5.91. The molecule has 1 aliphatic rings. The number of aryl methyl sites for hydroxylation is 3. The molecule has 1 atom stereocenters. The monoisotopic (exact) mass is 369 g/mol. The van der Waals surface area contributed by atoms with Crippen molar-refractivity contribution in [1.82, 2.24) is 24.8 Å². The SMILES string of the molecule is Cc1cc(C)n(C2CCN(C(=O)CCCc3nc(-c4ccco4)no3)C2)n1. The van der Waals surface area contributed by atoms with E-state index >= 15 is 0 Å². The Morgan fingerprint density at radius 3 is 3.00 bits per heavy atom. The van der Waals surface area contributed by atoms with Crippen LogP contribution in [0.5, 0.6) is 0 Å². The topological polar surface area (TPSA) is 90.2 Å². The number of nitrogens with zero attached hydrogens (tertiary/aromatic N) is 5. The molecule has 1 saturated heterocycles. The maximum Gasteiger partial charge on any atom is 0.238 e. The molecule has 27 heavy (non-hydrogen) atoms. The quantitative estimate of drug-likeness (QED) is 0.663. The average molecular weight is 369 g/mol. The van der Waals surface area contributed by atoms with Crippen molar-refractivity contribution in [2.75, 3.05) is 13.1 Å². The summed E-state index contributed by atoms with van der Waals surface area (Å²) in [4.78, 5) is 18.7. The zero-order valence-corrected chi connectivity index (χ0v) is 15.6. The van der Waals surface area contributed by atoms with Gasteiger partial charge in [-0.3, -0.25) is 9.48 Å². The summed E-state index contributed by atoms with van der Waals surface area (Å²) >= 11 is 0. The highest BCUT2D eigenvalue weighted by Gasteiger charge is 2.28. The number of amides is 1. The highest BCUT2D eigenvalue weighted by molar-refractivity contribution is 5.76. The first-order valence-electron chi connectivity index (χ1n) is 9.27. The number of furan rings is 1. The minimum atomic E-state index is 0.171. The van der Waals surface area contributed by atoms with Crippen molar-refractivity contribution >= 4 is 5.91 Å². The molecule has 0 saturated carbocycles. The smallest absolute Gasteiger partial charge is 0.238 e. The number of carbonyl (C=O) groups excluding carboxylic acids is 1. The van der Waals surface area contributed by atoms with E-state index in [1.807, 2.05) is 11.8 Å². The van der Waals surface area contributed by atoms with Crippen molar-refractivity contribution in [2.24, 2.45) is 0 Å². The van der Waals surface area contributed by atoms with Gasteiger partial charge in [-0.1, -0.05) is 5.16 Å². The van der Waals surface area contributed by atoms with E-state index in [0.717, 1.165) is 30.9 Å². The van der Waals surface area contributed by atoms with E-state index in [1.54, 1.807) is 18.4 Å². The van der Waals surface area contributed by atoms with Crippen LogP contribution >= 0.6 is 0 Å². The molecule has 1 amide bonds. The second-order valence-corrected chi connectivity index (χ2v) is 7.00. The summed E-state index contributed by atoms with van der Waals surface area (Å²) < 4.78 is 12.5. The second-order valence-electron chi connectivity index (χ2n) is 7.00. The Hall–Kier alpha value is -2.90. The van der Waals surface area contributed by atoms with Crippen molar-refractivity contribution in [2.45, 2.75) is 45.6 Å². The Morgan fingerprint density at radius 1 is 1.37 bits per heavy atom. The van der Waals surface area contributed by atoms with Crippen LogP contribution in [-0.4, -0.2) is 43.8 Å². The number of aromatic nitrogens is 4. The van der Waals surface area contributed by atoms with E-state index in [2.05, 4.69) is 32.9 Å². The van der Waals surface area contributed by atoms with Gasteiger partial charge < -0.3 is 13.8 Å². The molecule has 3 aromatic rings. The first-order chi connectivity index (χ1) is 13.1. The Balaban J connectivity index is 1.26. The van der Waals surface area contributed by atoms with Gasteiger partial charge in [0.2, 0.25) is 17.6 Å². The zero-order chi connectivity index (χ0) is 18.8. The lowest BCUT2D eigenvalue weighted by molar-refractivity contribution is -0.130. The molecule has 0 aromatic carbocycles. The number of hydrogen-bond donors (Lipinski definition) is 0. The molecule has 3 aromatic heterocycles. The fourth-order valence-corrected chi connectivity index (χ4v) is 3.59. The average Bonchev–Trinajstić information content (AvgIpc) is 3.42. The molecule has 0 spiro atoms. The summed E-state index contributed by atoms with van der Waals surface area (Å²) in [5, 5.41) is 8.46. The summed E-state index contributed by atoms with van der Waals surface area (Å²) in [5.74, 6) is 1.71. The lowest BCUT2D eigenvalue weighted by Gasteiger charge is -2.17. The van der Waals surface area contributed by atoms with Crippen molar-refractivity contribution < 1.29 is 13.7 Å². The second kappa shape index (κ2) is 7.38. The largest absolute Gasteiger partial charge is 0.461 e. The fourth-order valence-electron chi connectivity index (χ4n) is 3.59. The molecule has 0 N–H and O–H groups in total. The first kappa shape index (κ1) is 17.5. The van der Waals surface area contributed by atoms with Crippen LogP contribution in [-0.2, 0) is 11.2 Å². The molecule has 8 heteroatoms.